The molecule has 0 aliphatic rings. The Hall–Kier alpha value is 0.590. The number of hydrogen-bond donors (Lipinski definition) is 1. The molecule has 0 saturated carbocycles. The zero-order chi connectivity index (χ0) is 10.6. The molecule has 0 atom stereocenters. The Morgan fingerprint density at radius 1 is 1.50 bits per heavy atom. The van der Waals surface area contributed by atoms with Crippen LogP contribution in [-0.2, 0) is 10.0 Å². The van der Waals surface area contributed by atoms with Crippen molar-refractivity contribution in [2.24, 2.45) is 0 Å². The third kappa shape index (κ3) is 3.31. The van der Waals surface area contributed by atoms with Gasteiger partial charge in [-0.25, -0.2) is 0 Å². The molecule has 0 aliphatic heterocycles. The SMILES string of the molecule is CC[I-]c1cccc(S(=O)(=O)NI)c1. The topological polar surface area (TPSA) is 46.2 Å². The van der Waals surface area contributed by atoms with Crippen LogP contribution in [0.3, 0.4) is 0 Å². The molecule has 0 saturated heterocycles. The van der Waals surface area contributed by atoms with Gasteiger partial charge < -0.3 is 0 Å². The fraction of sp³-hybridized carbons (Fsp3) is 0.250. The molecule has 0 unspecified atom stereocenters. The van der Waals surface area contributed by atoms with Crippen LogP contribution >= 0.6 is 22.9 Å². The molecule has 1 rings (SSSR count). The van der Waals surface area contributed by atoms with E-state index in [-0.39, 0.29) is 21.2 Å². The molecule has 1 aromatic rings. The van der Waals surface area contributed by atoms with Gasteiger partial charge in [-0.2, -0.15) is 0 Å². The van der Waals surface area contributed by atoms with E-state index >= 15 is 0 Å². The summed E-state index contributed by atoms with van der Waals surface area (Å²) in [6.07, 6.45) is 0. The van der Waals surface area contributed by atoms with Crippen LogP contribution in [0.2, 0.25) is 0 Å². The summed E-state index contributed by atoms with van der Waals surface area (Å²) >= 11 is 1.60. The van der Waals surface area contributed by atoms with Crippen LogP contribution in [0, 0.1) is 3.57 Å². The van der Waals surface area contributed by atoms with E-state index in [4.69, 9.17) is 0 Å². The average Bonchev–Trinajstić information content (AvgIpc) is 2.19. The molecular weight excluding hydrogens is 428 g/mol. The van der Waals surface area contributed by atoms with Crippen molar-refractivity contribution < 1.29 is 29.6 Å². The van der Waals surface area contributed by atoms with Crippen LogP contribution in [-0.4, -0.2) is 12.8 Å². The van der Waals surface area contributed by atoms with Crippen molar-refractivity contribution in [3.63, 3.8) is 0 Å². The minimum absolute atomic E-state index is 0.0352. The number of nitrogens with one attached hydrogen (secondary N) is 1. The first-order valence-corrected chi connectivity index (χ1v) is 9.08. The van der Waals surface area contributed by atoms with Crippen molar-refractivity contribution in [1.82, 2.24) is 2.94 Å². The standard InChI is InChI=1S/C8H10I2NO2S/c1-2-10-7-4-3-5-8(6-7)14(12,13)11-9/h3-6,11H,2H2,1H3/q-1. The first-order valence-electron chi connectivity index (χ1n) is 3.92. The predicted molar refractivity (Wildman–Crippen MR) is 60.0 cm³/mol. The zero-order valence-corrected chi connectivity index (χ0v) is 12.6. The number of hydrogen-bond acceptors (Lipinski definition) is 2. The molecule has 0 fully saturated rings. The fourth-order valence-electron chi connectivity index (χ4n) is 0.916. The van der Waals surface area contributed by atoms with Crippen LogP contribution in [0.25, 0.3) is 0 Å². The molecule has 0 bridgehead atoms. The maximum atomic E-state index is 11.5. The molecule has 0 aromatic heterocycles. The molecule has 6 heteroatoms. The van der Waals surface area contributed by atoms with E-state index in [1.807, 2.05) is 6.07 Å². The molecule has 14 heavy (non-hydrogen) atoms. The van der Waals surface area contributed by atoms with Gasteiger partial charge in [-0.1, -0.05) is 0 Å². The van der Waals surface area contributed by atoms with E-state index < -0.39 is 10.0 Å². The predicted octanol–water partition coefficient (Wildman–Crippen LogP) is -1.41. The van der Waals surface area contributed by atoms with Crippen LogP contribution in [0.5, 0.6) is 0 Å². The molecule has 1 aromatic carbocycles. The van der Waals surface area contributed by atoms with Crippen molar-refractivity contribution in [3.05, 3.63) is 27.8 Å². The number of halogens is 2. The number of rotatable bonds is 4. The van der Waals surface area contributed by atoms with Gasteiger partial charge in [0.05, 0.1) is 0 Å². The minimum atomic E-state index is -3.28. The van der Waals surface area contributed by atoms with Crippen molar-refractivity contribution in [1.29, 1.82) is 0 Å². The Bertz CT molecular complexity index is 406. The summed E-state index contributed by atoms with van der Waals surface area (Å²) in [5.74, 6) is 0. The molecule has 0 radical (unpaired) electrons. The van der Waals surface area contributed by atoms with Crippen molar-refractivity contribution in [2.75, 3.05) is 4.43 Å². The molecule has 1 N–H and O–H groups in total. The van der Waals surface area contributed by atoms with Gasteiger partial charge in [0.25, 0.3) is 0 Å². The number of sulfonamides is 1. The van der Waals surface area contributed by atoms with Gasteiger partial charge in [-0.3, -0.25) is 0 Å². The Morgan fingerprint density at radius 2 is 2.21 bits per heavy atom. The van der Waals surface area contributed by atoms with Gasteiger partial charge in [0.2, 0.25) is 0 Å². The first kappa shape index (κ1) is 12.7. The molecule has 0 heterocycles. The summed E-state index contributed by atoms with van der Waals surface area (Å²) in [6.45, 7) is 2.12. The molecule has 3 nitrogen and oxygen atoms in total. The molecule has 0 aliphatic carbocycles. The van der Waals surface area contributed by atoms with E-state index in [1.54, 1.807) is 41.1 Å². The fourth-order valence-corrected chi connectivity index (χ4v) is 4.42. The van der Waals surface area contributed by atoms with Crippen molar-refractivity contribution in [3.8, 4) is 0 Å². The quantitative estimate of drug-likeness (QED) is 0.357. The molecule has 80 valence electrons. The monoisotopic (exact) mass is 438 g/mol. The third-order valence-corrected chi connectivity index (χ3v) is 6.63. The van der Waals surface area contributed by atoms with Crippen LogP contribution in [0.4, 0.5) is 0 Å². The van der Waals surface area contributed by atoms with E-state index in [9.17, 15) is 8.42 Å². The Morgan fingerprint density at radius 3 is 2.79 bits per heavy atom. The average molecular weight is 438 g/mol. The number of alkyl halides is 1. The van der Waals surface area contributed by atoms with Crippen molar-refractivity contribution in [2.45, 2.75) is 11.8 Å². The van der Waals surface area contributed by atoms with Gasteiger partial charge in [0.15, 0.2) is 0 Å². The summed E-state index contributed by atoms with van der Waals surface area (Å²) in [6, 6.07) is 7.16. The molecule has 0 spiro atoms. The van der Waals surface area contributed by atoms with Crippen molar-refractivity contribution >= 4 is 32.9 Å². The number of benzene rings is 1. The second-order valence-corrected chi connectivity index (χ2v) is 8.93. The van der Waals surface area contributed by atoms with Crippen LogP contribution < -0.4 is 24.1 Å². The van der Waals surface area contributed by atoms with Gasteiger partial charge >= 0.3 is 110 Å². The van der Waals surface area contributed by atoms with Crippen LogP contribution in [0.1, 0.15) is 6.92 Å². The van der Waals surface area contributed by atoms with E-state index in [0.29, 0.717) is 4.90 Å². The second-order valence-electron chi connectivity index (χ2n) is 2.44. The summed E-state index contributed by atoms with van der Waals surface area (Å²) in [4.78, 5) is 0.359. The zero-order valence-electron chi connectivity index (χ0n) is 7.50. The first-order chi connectivity index (χ1) is 6.60. The summed E-state index contributed by atoms with van der Waals surface area (Å²) in [7, 11) is -3.28. The normalized spacial score (nSPS) is 11.9. The maximum absolute atomic E-state index is 11.5. The molecule has 0 amide bonds. The van der Waals surface area contributed by atoms with E-state index in [2.05, 4.69) is 9.86 Å². The summed E-state index contributed by atoms with van der Waals surface area (Å²) in [5.41, 5.74) is 0. The Labute approximate surface area is 108 Å². The summed E-state index contributed by atoms with van der Waals surface area (Å²) in [5, 5.41) is 0. The van der Waals surface area contributed by atoms with Crippen LogP contribution in [0.15, 0.2) is 29.2 Å². The van der Waals surface area contributed by atoms with Gasteiger partial charge in [0.1, 0.15) is 0 Å². The Kier molecular flexibility index (Phi) is 5.08. The van der Waals surface area contributed by atoms with E-state index in [0.717, 1.165) is 4.43 Å². The van der Waals surface area contributed by atoms with Gasteiger partial charge in [-0.15, -0.1) is 0 Å². The van der Waals surface area contributed by atoms with E-state index in [1.165, 1.54) is 3.57 Å². The summed E-state index contributed by atoms with van der Waals surface area (Å²) < 4.78 is 27.5. The van der Waals surface area contributed by atoms with Gasteiger partial charge in [-0.05, 0) is 0 Å². The Balaban J connectivity index is 3.06. The molecular formula is C8H10I2NO2S-. The second kappa shape index (κ2) is 5.61. The van der Waals surface area contributed by atoms with Gasteiger partial charge in [0, 0.05) is 0 Å². The third-order valence-electron chi connectivity index (χ3n) is 1.50.